The summed E-state index contributed by atoms with van der Waals surface area (Å²) in [5.74, 6) is 0. The van der Waals surface area contributed by atoms with Crippen molar-refractivity contribution in [1.82, 2.24) is 4.98 Å². The van der Waals surface area contributed by atoms with Crippen molar-refractivity contribution in [3.05, 3.63) is 131 Å². The summed E-state index contributed by atoms with van der Waals surface area (Å²) in [7, 11) is 0. The van der Waals surface area contributed by atoms with Crippen LogP contribution in [0.4, 0.5) is 5.69 Å². The van der Waals surface area contributed by atoms with Gasteiger partial charge in [-0.15, -0.1) is 0 Å². The van der Waals surface area contributed by atoms with E-state index in [4.69, 9.17) is 4.98 Å². The van der Waals surface area contributed by atoms with E-state index in [0.29, 0.717) is 0 Å². The van der Waals surface area contributed by atoms with E-state index in [-0.39, 0.29) is 0 Å². The first-order valence-corrected chi connectivity index (χ1v) is 12.9. The van der Waals surface area contributed by atoms with Gasteiger partial charge in [0.05, 0.1) is 17.1 Å². The minimum atomic E-state index is 0.950. The van der Waals surface area contributed by atoms with Gasteiger partial charge in [0, 0.05) is 29.4 Å². The lowest BCUT2D eigenvalue weighted by atomic mass is 9.94. The van der Waals surface area contributed by atoms with Gasteiger partial charge in [0.1, 0.15) is 0 Å². The van der Waals surface area contributed by atoms with Crippen molar-refractivity contribution in [1.29, 1.82) is 0 Å². The monoisotopic (exact) mass is 470 g/mol. The van der Waals surface area contributed by atoms with Crippen molar-refractivity contribution in [2.24, 2.45) is 0 Å². The number of hydrogen-bond donors (Lipinski definition) is 0. The predicted octanol–water partition coefficient (Wildman–Crippen LogP) is 8.12. The largest absolute Gasteiger partial charge is 0.369 e. The number of anilines is 1. The Morgan fingerprint density at radius 3 is 1.61 bits per heavy atom. The molecule has 0 saturated carbocycles. The maximum absolute atomic E-state index is 5.28. The molecule has 180 valence electrons. The zero-order valence-corrected chi connectivity index (χ0v) is 21.5. The van der Waals surface area contributed by atoms with Crippen molar-refractivity contribution in [3.63, 3.8) is 0 Å². The Hall–Kier alpha value is -3.91. The van der Waals surface area contributed by atoms with E-state index < -0.39 is 0 Å². The van der Waals surface area contributed by atoms with E-state index in [1.165, 1.54) is 44.3 Å². The third-order valence-electron chi connectivity index (χ3n) is 7.12. The van der Waals surface area contributed by atoms with E-state index in [1.54, 1.807) is 0 Å². The number of nitrogens with zero attached hydrogens (tertiary/aromatic N) is 2. The quantitative estimate of drug-likeness (QED) is 0.228. The third kappa shape index (κ3) is 5.04. The van der Waals surface area contributed by atoms with Gasteiger partial charge in [-0.05, 0) is 55.9 Å². The molecule has 1 heterocycles. The smallest absolute Gasteiger partial charge is 0.0790 e. The maximum atomic E-state index is 5.28. The Balaban J connectivity index is 1.60. The van der Waals surface area contributed by atoms with Gasteiger partial charge in [-0.2, -0.15) is 0 Å². The molecule has 0 aliphatic rings. The van der Waals surface area contributed by atoms with Crippen LogP contribution in [0.15, 0.2) is 103 Å². The SMILES string of the molecule is Cc1cccc(C)c1-c1nc(C)c(N(CCc2ccccc2)CCc2ccccc2)c2ccccc12. The van der Waals surface area contributed by atoms with Gasteiger partial charge in [-0.25, -0.2) is 0 Å². The van der Waals surface area contributed by atoms with E-state index in [2.05, 4.69) is 129 Å². The van der Waals surface area contributed by atoms with Crippen molar-refractivity contribution < 1.29 is 0 Å². The number of aromatic nitrogens is 1. The topological polar surface area (TPSA) is 16.1 Å². The van der Waals surface area contributed by atoms with Crippen LogP contribution >= 0.6 is 0 Å². The summed E-state index contributed by atoms with van der Waals surface area (Å²) in [6.45, 7) is 8.46. The lowest BCUT2D eigenvalue weighted by Gasteiger charge is -2.29. The Kier molecular flexibility index (Phi) is 7.13. The molecule has 2 heteroatoms. The molecule has 2 nitrogen and oxygen atoms in total. The summed E-state index contributed by atoms with van der Waals surface area (Å²) in [5, 5.41) is 2.50. The second kappa shape index (κ2) is 10.8. The van der Waals surface area contributed by atoms with Crippen LogP contribution in [0.1, 0.15) is 27.9 Å². The highest BCUT2D eigenvalue weighted by Gasteiger charge is 2.19. The summed E-state index contributed by atoms with van der Waals surface area (Å²) < 4.78 is 0. The Bertz CT molecular complexity index is 1390. The van der Waals surface area contributed by atoms with Crippen molar-refractivity contribution >= 4 is 16.5 Å². The average molecular weight is 471 g/mol. The number of hydrogen-bond acceptors (Lipinski definition) is 2. The molecular weight excluding hydrogens is 436 g/mol. The van der Waals surface area contributed by atoms with Gasteiger partial charge >= 0.3 is 0 Å². The van der Waals surface area contributed by atoms with E-state index in [1.807, 2.05) is 0 Å². The number of fused-ring (bicyclic) bond motifs is 1. The van der Waals surface area contributed by atoms with Gasteiger partial charge in [-0.3, -0.25) is 4.98 Å². The van der Waals surface area contributed by atoms with Crippen LogP contribution in [0.25, 0.3) is 22.0 Å². The van der Waals surface area contributed by atoms with Crippen molar-refractivity contribution in [2.75, 3.05) is 18.0 Å². The summed E-state index contributed by atoms with van der Waals surface area (Å²) in [5.41, 5.74) is 9.96. The summed E-state index contributed by atoms with van der Waals surface area (Å²) >= 11 is 0. The molecule has 0 aliphatic heterocycles. The third-order valence-corrected chi connectivity index (χ3v) is 7.12. The van der Waals surface area contributed by atoms with E-state index >= 15 is 0 Å². The van der Waals surface area contributed by atoms with Crippen LogP contribution in [-0.2, 0) is 12.8 Å². The number of pyridine rings is 1. The molecule has 4 aromatic carbocycles. The number of benzene rings is 4. The van der Waals surface area contributed by atoms with Crippen LogP contribution in [0.2, 0.25) is 0 Å². The zero-order valence-electron chi connectivity index (χ0n) is 21.5. The molecule has 0 aliphatic carbocycles. The first-order valence-electron chi connectivity index (χ1n) is 12.9. The molecule has 0 amide bonds. The van der Waals surface area contributed by atoms with Gasteiger partial charge in [0.15, 0.2) is 0 Å². The average Bonchev–Trinajstić information content (AvgIpc) is 2.90. The fourth-order valence-corrected chi connectivity index (χ4v) is 5.30. The summed E-state index contributed by atoms with van der Waals surface area (Å²) in [6, 6.07) is 36.9. The molecule has 0 N–H and O–H groups in total. The second-order valence-electron chi connectivity index (χ2n) is 9.67. The van der Waals surface area contributed by atoms with Gasteiger partial charge < -0.3 is 4.90 Å². The molecule has 0 unspecified atom stereocenters. The Morgan fingerprint density at radius 1 is 0.556 bits per heavy atom. The molecule has 0 bridgehead atoms. The van der Waals surface area contributed by atoms with Crippen LogP contribution in [0, 0.1) is 20.8 Å². The van der Waals surface area contributed by atoms with Crippen LogP contribution in [0.3, 0.4) is 0 Å². The van der Waals surface area contributed by atoms with Crippen LogP contribution in [-0.4, -0.2) is 18.1 Å². The maximum Gasteiger partial charge on any atom is 0.0790 e. The lowest BCUT2D eigenvalue weighted by molar-refractivity contribution is 0.766. The number of aryl methyl sites for hydroxylation is 3. The normalized spacial score (nSPS) is 11.1. The molecule has 5 aromatic rings. The van der Waals surface area contributed by atoms with Crippen molar-refractivity contribution in [2.45, 2.75) is 33.6 Å². The van der Waals surface area contributed by atoms with Gasteiger partial charge in [0.2, 0.25) is 0 Å². The molecule has 0 saturated heterocycles. The van der Waals surface area contributed by atoms with Crippen LogP contribution in [0.5, 0.6) is 0 Å². The summed E-state index contributed by atoms with van der Waals surface area (Å²) in [4.78, 5) is 7.84. The Morgan fingerprint density at radius 2 is 1.06 bits per heavy atom. The highest BCUT2D eigenvalue weighted by molar-refractivity contribution is 6.03. The minimum absolute atomic E-state index is 0.950. The minimum Gasteiger partial charge on any atom is -0.369 e. The molecule has 0 spiro atoms. The fourth-order valence-electron chi connectivity index (χ4n) is 5.30. The highest BCUT2D eigenvalue weighted by atomic mass is 15.1. The zero-order chi connectivity index (χ0) is 24.9. The van der Waals surface area contributed by atoms with E-state index in [9.17, 15) is 0 Å². The standard InChI is InChI=1S/C34H34N2/c1-25-13-12-14-26(2)32(25)33-30-19-10-11-20-31(30)34(27(3)35-33)36(23-21-28-15-6-4-7-16-28)24-22-29-17-8-5-9-18-29/h4-20H,21-24H2,1-3H3. The van der Waals surface area contributed by atoms with E-state index in [0.717, 1.165) is 37.3 Å². The summed E-state index contributed by atoms with van der Waals surface area (Å²) in [6.07, 6.45) is 2.00. The van der Waals surface area contributed by atoms with Crippen LogP contribution < -0.4 is 4.90 Å². The van der Waals surface area contributed by atoms with Crippen molar-refractivity contribution in [3.8, 4) is 11.3 Å². The Labute approximate surface area is 215 Å². The molecule has 5 rings (SSSR count). The molecule has 0 atom stereocenters. The molecule has 0 fully saturated rings. The highest BCUT2D eigenvalue weighted by Crippen LogP contribution is 2.38. The molecule has 0 radical (unpaired) electrons. The predicted molar refractivity (Wildman–Crippen MR) is 154 cm³/mol. The second-order valence-corrected chi connectivity index (χ2v) is 9.67. The molecule has 1 aromatic heterocycles. The van der Waals surface area contributed by atoms with Gasteiger partial charge in [0.25, 0.3) is 0 Å². The first-order chi connectivity index (χ1) is 17.6. The van der Waals surface area contributed by atoms with Gasteiger partial charge in [-0.1, -0.05) is 103 Å². The molecular formula is C34H34N2. The lowest BCUT2D eigenvalue weighted by Crippen LogP contribution is -2.29. The first kappa shape index (κ1) is 23.8. The molecule has 36 heavy (non-hydrogen) atoms. The fraction of sp³-hybridized carbons (Fsp3) is 0.206. The number of rotatable bonds is 8.